The summed E-state index contributed by atoms with van der Waals surface area (Å²) in [7, 11) is 1.76. The number of likely N-dealkylation sites (tertiary alicyclic amines) is 1. The molecule has 2 unspecified atom stereocenters. The highest BCUT2D eigenvalue weighted by molar-refractivity contribution is 6.33. The Morgan fingerprint density at radius 2 is 2.06 bits per heavy atom. The van der Waals surface area contributed by atoms with Crippen molar-refractivity contribution in [3.8, 4) is 11.3 Å². The van der Waals surface area contributed by atoms with Gasteiger partial charge in [-0.3, -0.25) is 4.79 Å². The standard InChI is InChI=1S/C19H20ClFN6O.C5H10O2/c1-9(2)27-14-7-10(16-11(20)8-23-19(22)25-16)6-12(21)17(14)24-18(27)13-4-5-15(28)26(13)3;6-5-2-1-3-7-4-5/h6-9,13H,4-5H2,1-3H3,(H2,22,23,25);5-6H,1-4H2. The van der Waals surface area contributed by atoms with Crippen LogP contribution in [-0.2, 0) is 9.53 Å². The molecule has 2 fully saturated rings. The number of rotatable bonds is 3. The topological polar surface area (TPSA) is 119 Å². The summed E-state index contributed by atoms with van der Waals surface area (Å²) in [5.74, 6) is 0.330. The van der Waals surface area contributed by atoms with Crippen LogP contribution in [0.2, 0.25) is 5.02 Å². The van der Waals surface area contributed by atoms with Crippen LogP contribution >= 0.6 is 11.6 Å². The predicted octanol–water partition coefficient (Wildman–Crippen LogP) is 3.90. The first-order valence-corrected chi connectivity index (χ1v) is 12.1. The number of aliphatic hydroxyl groups excluding tert-OH is 1. The minimum Gasteiger partial charge on any atom is -0.391 e. The Morgan fingerprint density at radius 1 is 1.29 bits per heavy atom. The number of nitrogens with two attached hydrogens (primary N) is 1. The highest BCUT2D eigenvalue weighted by Gasteiger charge is 2.34. The van der Waals surface area contributed by atoms with Gasteiger partial charge in [-0.05, 0) is 45.2 Å². The smallest absolute Gasteiger partial charge is 0.223 e. The Kier molecular flexibility index (Phi) is 7.53. The molecule has 2 aliphatic rings. The molecule has 5 rings (SSSR count). The van der Waals surface area contributed by atoms with Gasteiger partial charge < -0.3 is 25.0 Å². The molecule has 3 N–H and O–H groups in total. The molecule has 2 aliphatic heterocycles. The van der Waals surface area contributed by atoms with Crippen molar-refractivity contribution in [1.29, 1.82) is 0 Å². The number of benzene rings is 1. The molecule has 1 amide bonds. The summed E-state index contributed by atoms with van der Waals surface area (Å²) in [5, 5.41) is 9.07. The predicted molar refractivity (Wildman–Crippen MR) is 131 cm³/mol. The van der Waals surface area contributed by atoms with E-state index < -0.39 is 5.82 Å². The highest BCUT2D eigenvalue weighted by Crippen LogP contribution is 2.37. The average Bonchev–Trinajstić information content (AvgIpc) is 3.36. The summed E-state index contributed by atoms with van der Waals surface area (Å²) < 4.78 is 21.9. The lowest BCUT2D eigenvalue weighted by atomic mass is 10.1. The third kappa shape index (κ3) is 5.24. The van der Waals surface area contributed by atoms with Crippen LogP contribution in [0.4, 0.5) is 10.3 Å². The van der Waals surface area contributed by atoms with Gasteiger partial charge in [-0.15, -0.1) is 0 Å². The normalized spacial score (nSPS) is 20.4. The van der Waals surface area contributed by atoms with Gasteiger partial charge in [-0.25, -0.2) is 19.3 Å². The molecule has 0 saturated carbocycles. The van der Waals surface area contributed by atoms with Crippen molar-refractivity contribution in [2.75, 3.05) is 26.0 Å². The Hall–Kier alpha value is -2.82. The number of nitrogens with zero attached hydrogens (tertiary/aromatic N) is 5. The second-order valence-electron chi connectivity index (χ2n) is 9.11. The molecule has 188 valence electrons. The number of imidazole rings is 1. The van der Waals surface area contributed by atoms with E-state index in [1.165, 1.54) is 12.3 Å². The maximum absolute atomic E-state index is 15.0. The lowest BCUT2D eigenvalue weighted by molar-refractivity contribution is -0.127. The summed E-state index contributed by atoms with van der Waals surface area (Å²) in [6, 6.07) is 2.99. The monoisotopic (exact) mass is 504 g/mol. The van der Waals surface area contributed by atoms with E-state index in [4.69, 9.17) is 27.2 Å². The van der Waals surface area contributed by atoms with E-state index >= 15 is 4.39 Å². The first kappa shape index (κ1) is 25.3. The first-order valence-electron chi connectivity index (χ1n) is 11.7. The number of amides is 1. The molecular formula is C24H30ClFN6O3. The molecule has 2 atom stereocenters. The number of halogens is 2. The number of aromatic nitrogens is 4. The highest BCUT2D eigenvalue weighted by atomic mass is 35.5. The zero-order valence-corrected chi connectivity index (χ0v) is 20.8. The summed E-state index contributed by atoms with van der Waals surface area (Å²) in [6.45, 7) is 5.38. The molecule has 0 aliphatic carbocycles. The molecule has 0 radical (unpaired) electrons. The number of carbonyl (C=O) groups excluding carboxylic acids is 1. The zero-order valence-electron chi connectivity index (χ0n) is 20.0. The molecule has 35 heavy (non-hydrogen) atoms. The van der Waals surface area contributed by atoms with Crippen LogP contribution in [0, 0.1) is 5.82 Å². The maximum atomic E-state index is 15.0. The van der Waals surface area contributed by atoms with Crippen molar-refractivity contribution >= 4 is 34.5 Å². The van der Waals surface area contributed by atoms with Crippen molar-refractivity contribution in [1.82, 2.24) is 24.4 Å². The van der Waals surface area contributed by atoms with Crippen LogP contribution in [0.3, 0.4) is 0 Å². The number of hydrogen-bond donors (Lipinski definition) is 2. The van der Waals surface area contributed by atoms with E-state index in [0.717, 1.165) is 19.4 Å². The summed E-state index contributed by atoms with van der Waals surface area (Å²) >= 11 is 6.21. The Bertz CT molecular complexity index is 1230. The lowest BCUT2D eigenvalue weighted by Crippen LogP contribution is -2.25. The van der Waals surface area contributed by atoms with Crippen molar-refractivity contribution in [2.24, 2.45) is 0 Å². The van der Waals surface area contributed by atoms with Crippen LogP contribution < -0.4 is 5.73 Å². The fraction of sp³-hybridized carbons (Fsp3) is 0.500. The number of hydrogen-bond acceptors (Lipinski definition) is 7. The SMILES string of the molecule is CC(C)n1c(C2CCC(=O)N2C)nc2c(F)cc(-c3nc(N)ncc3Cl)cc21.OC1CCCOC1. The second kappa shape index (κ2) is 10.4. The summed E-state index contributed by atoms with van der Waals surface area (Å²) in [4.78, 5) is 26.3. The largest absolute Gasteiger partial charge is 0.391 e. The minimum absolute atomic E-state index is 0.0182. The van der Waals surface area contributed by atoms with Crippen LogP contribution in [-0.4, -0.2) is 61.8 Å². The Morgan fingerprint density at radius 3 is 2.63 bits per heavy atom. The summed E-state index contributed by atoms with van der Waals surface area (Å²) in [6.07, 6.45) is 4.26. The van der Waals surface area contributed by atoms with E-state index in [1.54, 1.807) is 18.0 Å². The molecule has 4 heterocycles. The summed E-state index contributed by atoms with van der Waals surface area (Å²) in [5.41, 5.74) is 7.42. The molecule has 0 spiro atoms. The van der Waals surface area contributed by atoms with Gasteiger partial charge in [0.15, 0.2) is 5.82 Å². The van der Waals surface area contributed by atoms with E-state index in [9.17, 15) is 4.79 Å². The van der Waals surface area contributed by atoms with Gasteiger partial charge in [0.05, 0.1) is 41.2 Å². The molecule has 2 aromatic heterocycles. The molecule has 0 bridgehead atoms. The van der Waals surface area contributed by atoms with Gasteiger partial charge in [-0.2, -0.15) is 0 Å². The molecular weight excluding hydrogens is 475 g/mol. The van der Waals surface area contributed by atoms with Gasteiger partial charge in [0.25, 0.3) is 0 Å². The van der Waals surface area contributed by atoms with Crippen molar-refractivity contribution < 1.29 is 19.0 Å². The van der Waals surface area contributed by atoms with E-state index in [-0.39, 0.29) is 40.6 Å². The molecule has 9 nitrogen and oxygen atoms in total. The molecule has 1 aromatic carbocycles. The van der Waals surface area contributed by atoms with Crippen LogP contribution in [0.5, 0.6) is 0 Å². The van der Waals surface area contributed by atoms with Crippen LogP contribution in [0.1, 0.15) is 57.4 Å². The van der Waals surface area contributed by atoms with Gasteiger partial charge in [0.1, 0.15) is 11.3 Å². The van der Waals surface area contributed by atoms with E-state index in [1.807, 2.05) is 18.4 Å². The number of ether oxygens (including phenoxy) is 1. The zero-order chi connectivity index (χ0) is 25.3. The number of aliphatic hydroxyl groups is 1. The number of anilines is 1. The third-order valence-corrected chi connectivity index (χ3v) is 6.53. The lowest BCUT2D eigenvalue weighted by Gasteiger charge is -2.22. The second-order valence-corrected chi connectivity index (χ2v) is 9.52. The van der Waals surface area contributed by atoms with Crippen molar-refractivity contribution in [3.63, 3.8) is 0 Å². The van der Waals surface area contributed by atoms with Gasteiger partial charge in [0, 0.05) is 31.7 Å². The quantitative estimate of drug-likeness (QED) is 0.555. The Balaban J connectivity index is 0.000000356. The fourth-order valence-corrected chi connectivity index (χ4v) is 4.70. The van der Waals surface area contributed by atoms with Gasteiger partial charge in [0.2, 0.25) is 11.9 Å². The molecule has 2 saturated heterocycles. The molecule has 11 heteroatoms. The Labute approximate surface area is 208 Å². The molecule has 3 aromatic rings. The van der Waals surface area contributed by atoms with Crippen LogP contribution in [0.15, 0.2) is 18.3 Å². The van der Waals surface area contributed by atoms with E-state index in [0.29, 0.717) is 42.0 Å². The van der Waals surface area contributed by atoms with Crippen LogP contribution in [0.25, 0.3) is 22.3 Å². The van der Waals surface area contributed by atoms with Crippen molar-refractivity contribution in [3.05, 3.63) is 35.0 Å². The number of carbonyl (C=O) groups is 1. The maximum Gasteiger partial charge on any atom is 0.223 e. The van der Waals surface area contributed by atoms with E-state index in [2.05, 4.69) is 15.0 Å². The van der Waals surface area contributed by atoms with Gasteiger partial charge >= 0.3 is 0 Å². The first-order chi connectivity index (χ1) is 16.7. The number of nitrogen functional groups attached to an aromatic ring is 1. The average molecular weight is 505 g/mol. The minimum atomic E-state index is -0.478. The fourth-order valence-electron chi connectivity index (χ4n) is 4.50. The third-order valence-electron chi connectivity index (χ3n) is 6.26. The number of fused-ring (bicyclic) bond motifs is 1. The van der Waals surface area contributed by atoms with Crippen molar-refractivity contribution in [2.45, 2.75) is 57.7 Å². The van der Waals surface area contributed by atoms with Gasteiger partial charge in [-0.1, -0.05) is 11.6 Å².